The van der Waals surface area contributed by atoms with Gasteiger partial charge in [-0.2, -0.15) is 0 Å². The standard InChI is InChI=1S/C27H30IN3O3/c1-4-5-11-22(3)27(23-12-7-6-8-13-23,24-14-17-31(28)18-15-24)34-19-10-9-16-30-20-21(2)25(32)29-26(30)33/h4-15,17-18,20,24H,16,19H2,1-3H3,(H,29,32,33)/b5-4-,10-9-,22-11+. The highest BCUT2D eigenvalue weighted by molar-refractivity contribution is 14.1. The van der Waals surface area contributed by atoms with E-state index in [4.69, 9.17) is 4.74 Å². The predicted octanol–water partition coefficient (Wildman–Crippen LogP) is 5.14. The number of hydrogen-bond donors (Lipinski definition) is 1. The van der Waals surface area contributed by atoms with E-state index in [2.05, 4.69) is 65.1 Å². The Morgan fingerprint density at radius 1 is 1.18 bits per heavy atom. The van der Waals surface area contributed by atoms with Gasteiger partial charge in [0.25, 0.3) is 5.56 Å². The van der Waals surface area contributed by atoms with Gasteiger partial charge >= 0.3 is 5.69 Å². The Morgan fingerprint density at radius 3 is 2.56 bits per heavy atom. The fourth-order valence-electron chi connectivity index (χ4n) is 3.95. The van der Waals surface area contributed by atoms with E-state index < -0.39 is 11.3 Å². The Morgan fingerprint density at radius 2 is 1.88 bits per heavy atom. The van der Waals surface area contributed by atoms with Crippen molar-refractivity contribution in [1.29, 1.82) is 0 Å². The number of ether oxygens (including phenoxy) is 1. The van der Waals surface area contributed by atoms with E-state index in [0.29, 0.717) is 18.7 Å². The molecule has 1 aromatic carbocycles. The summed E-state index contributed by atoms with van der Waals surface area (Å²) >= 11 is 2.23. The molecule has 1 unspecified atom stereocenters. The lowest BCUT2D eigenvalue weighted by molar-refractivity contribution is -0.0259. The van der Waals surface area contributed by atoms with Crippen molar-refractivity contribution < 1.29 is 4.74 Å². The SMILES string of the molecule is C/C=C\C=C(/C)C(OC/C=C\Cn1cc(C)c(=O)[nH]c1=O)(c1ccccc1)C1C=CN(I)C=C1. The Hall–Kier alpha value is -2.91. The molecule has 2 heterocycles. The van der Waals surface area contributed by atoms with Gasteiger partial charge in [0.05, 0.1) is 29.5 Å². The van der Waals surface area contributed by atoms with E-state index in [0.717, 1.165) is 11.1 Å². The lowest BCUT2D eigenvalue weighted by Crippen LogP contribution is -2.39. The van der Waals surface area contributed by atoms with Gasteiger partial charge in [-0.05, 0) is 31.9 Å². The average Bonchev–Trinajstić information content (AvgIpc) is 2.84. The first kappa shape index (κ1) is 25.7. The zero-order valence-corrected chi connectivity index (χ0v) is 21.8. The van der Waals surface area contributed by atoms with E-state index in [1.165, 1.54) is 4.57 Å². The molecular formula is C27H30IN3O3. The normalized spacial score (nSPS) is 16.6. The molecule has 0 aliphatic carbocycles. The molecule has 7 heteroatoms. The molecule has 0 fully saturated rings. The largest absolute Gasteiger partial charge is 0.361 e. The molecular weight excluding hydrogens is 541 g/mol. The second kappa shape index (κ2) is 12.0. The van der Waals surface area contributed by atoms with Crippen molar-refractivity contribution in [2.45, 2.75) is 32.9 Å². The van der Waals surface area contributed by atoms with Crippen LogP contribution in [0.2, 0.25) is 0 Å². The van der Waals surface area contributed by atoms with Crippen molar-refractivity contribution in [2.75, 3.05) is 6.61 Å². The number of nitrogens with zero attached hydrogens (tertiary/aromatic N) is 2. The number of nitrogens with one attached hydrogen (secondary N) is 1. The van der Waals surface area contributed by atoms with Crippen LogP contribution in [-0.2, 0) is 16.9 Å². The van der Waals surface area contributed by atoms with Crippen molar-refractivity contribution in [1.82, 2.24) is 12.7 Å². The summed E-state index contributed by atoms with van der Waals surface area (Å²) in [6.07, 6.45) is 19.9. The number of aryl methyl sites for hydroxylation is 1. The summed E-state index contributed by atoms with van der Waals surface area (Å²) in [5.41, 5.74) is 1.15. The summed E-state index contributed by atoms with van der Waals surface area (Å²) in [4.78, 5) is 26.0. The minimum atomic E-state index is -0.707. The Balaban J connectivity index is 1.92. The van der Waals surface area contributed by atoms with Crippen LogP contribution >= 0.6 is 22.9 Å². The number of H-pyrrole nitrogens is 1. The first-order valence-corrected chi connectivity index (χ1v) is 12.1. The molecule has 1 N–H and O–H groups in total. The fraction of sp³-hybridized carbons (Fsp3) is 0.259. The van der Waals surface area contributed by atoms with Gasteiger partial charge in [0.15, 0.2) is 0 Å². The summed E-state index contributed by atoms with van der Waals surface area (Å²) in [5, 5.41) is 0. The van der Waals surface area contributed by atoms with Crippen molar-refractivity contribution in [3.8, 4) is 0 Å². The van der Waals surface area contributed by atoms with Crippen LogP contribution in [0.5, 0.6) is 0 Å². The molecule has 2 aromatic rings. The monoisotopic (exact) mass is 571 g/mol. The van der Waals surface area contributed by atoms with Crippen molar-refractivity contribution in [3.63, 3.8) is 0 Å². The van der Waals surface area contributed by atoms with Crippen molar-refractivity contribution in [3.05, 3.63) is 129 Å². The fourth-order valence-corrected chi connectivity index (χ4v) is 4.32. The quantitative estimate of drug-likeness (QED) is 0.196. The number of halogens is 1. The van der Waals surface area contributed by atoms with E-state index in [1.54, 1.807) is 13.1 Å². The zero-order valence-electron chi connectivity index (χ0n) is 19.6. The number of hydrogen-bond acceptors (Lipinski definition) is 4. The first-order chi connectivity index (χ1) is 16.4. The molecule has 3 rings (SSSR count). The molecule has 1 aromatic heterocycles. The van der Waals surface area contributed by atoms with Gasteiger partial charge in [0.2, 0.25) is 0 Å². The van der Waals surface area contributed by atoms with E-state index in [9.17, 15) is 9.59 Å². The van der Waals surface area contributed by atoms with Crippen LogP contribution in [-0.4, -0.2) is 19.3 Å². The van der Waals surface area contributed by atoms with Crippen LogP contribution in [0.4, 0.5) is 0 Å². The van der Waals surface area contributed by atoms with E-state index >= 15 is 0 Å². The van der Waals surface area contributed by atoms with Crippen LogP contribution in [0.15, 0.2) is 107 Å². The van der Waals surface area contributed by atoms with Crippen LogP contribution in [0.25, 0.3) is 0 Å². The van der Waals surface area contributed by atoms with Crippen LogP contribution in [0.1, 0.15) is 25.0 Å². The van der Waals surface area contributed by atoms with E-state index in [1.807, 2.05) is 64.9 Å². The molecule has 0 saturated carbocycles. The highest BCUT2D eigenvalue weighted by Crippen LogP contribution is 2.43. The summed E-state index contributed by atoms with van der Waals surface area (Å²) in [6.45, 7) is 6.46. The number of rotatable bonds is 9. The molecule has 178 valence electrons. The van der Waals surface area contributed by atoms with Crippen molar-refractivity contribution in [2.24, 2.45) is 5.92 Å². The second-order valence-electron chi connectivity index (χ2n) is 8.04. The van der Waals surface area contributed by atoms with Gasteiger partial charge in [-0.15, -0.1) is 0 Å². The highest BCUT2D eigenvalue weighted by Gasteiger charge is 2.41. The molecule has 0 saturated heterocycles. The molecule has 1 aliphatic heterocycles. The number of allylic oxidation sites excluding steroid dienone is 4. The Labute approximate surface area is 214 Å². The van der Waals surface area contributed by atoms with Crippen molar-refractivity contribution >= 4 is 22.9 Å². The minimum absolute atomic E-state index is 0.0136. The van der Waals surface area contributed by atoms with Gasteiger partial charge in [-0.25, -0.2) is 4.79 Å². The topological polar surface area (TPSA) is 67.3 Å². The average molecular weight is 571 g/mol. The zero-order chi connectivity index (χ0) is 24.6. The lowest BCUT2D eigenvalue weighted by Gasteiger charge is -2.41. The maximum absolute atomic E-state index is 12.0. The molecule has 0 amide bonds. The van der Waals surface area contributed by atoms with Crippen LogP contribution < -0.4 is 11.2 Å². The maximum Gasteiger partial charge on any atom is 0.328 e. The first-order valence-electron chi connectivity index (χ1n) is 11.1. The summed E-state index contributed by atoms with van der Waals surface area (Å²) < 4.78 is 10.2. The maximum atomic E-state index is 12.0. The molecule has 0 radical (unpaired) electrons. The van der Waals surface area contributed by atoms with Gasteiger partial charge < -0.3 is 4.74 Å². The number of benzene rings is 1. The Kier molecular flexibility index (Phi) is 9.06. The molecule has 1 aliphatic rings. The van der Waals surface area contributed by atoms with Gasteiger partial charge in [-0.1, -0.05) is 72.9 Å². The van der Waals surface area contributed by atoms with E-state index in [-0.39, 0.29) is 11.5 Å². The lowest BCUT2D eigenvalue weighted by atomic mass is 9.75. The third-order valence-corrected chi connectivity index (χ3v) is 6.38. The summed E-state index contributed by atoms with van der Waals surface area (Å²) in [5.74, 6) is -0.0136. The summed E-state index contributed by atoms with van der Waals surface area (Å²) in [7, 11) is 0. The van der Waals surface area contributed by atoms with Gasteiger partial charge in [0.1, 0.15) is 5.60 Å². The second-order valence-corrected chi connectivity index (χ2v) is 9.15. The van der Waals surface area contributed by atoms with Crippen LogP contribution in [0.3, 0.4) is 0 Å². The molecule has 34 heavy (non-hydrogen) atoms. The number of aromatic nitrogens is 2. The predicted molar refractivity (Wildman–Crippen MR) is 145 cm³/mol. The highest BCUT2D eigenvalue weighted by atomic mass is 127. The third kappa shape index (κ3) is 5.95. The number of aromatic amines is 1. The third-order valence-electron chi connectivity index (χ3n) is 5.73. The van der Waals surface area contributed by atoms with Gasteiger partial charge in [0, 0.05) is 36.6 Å². The molecule has 1 atom stereocenters. The van der Waals surface area contributed by atoms with Crippen LogP contribution in [0, 0.1) is 12.8 Å². The smallest absolute Gasteiger partial charge is 0.328 e. The summed E-state index contributed by atoms with van der Waals surface area (Å²) in [6, 6.07) is 10.2. The minimum Gasteiger partial charge on any atom is -0.361 e. The van der Waals surface area contributed by atoms with Gasteiger partial charge in [-0.3, -0.25) is 17.5 Å². The molecule has 0 spiro atoms. The Bertz CT molecular complexity index is 1220. The molecule has 0 bridgehead atoms. The molecule has 6 nitrogen and oxygen atoms in total.